The summed E-state index contributed by atoms with van der Waals surface area (Å²) in [6.07, 6.45) is 0.313. The van der Waals surface area contributed by atoms with E-state index in [0.717, 1.165) is 0 Å². The fourth-order valence-corrected chi connectivity index (χ4v) is 0.706. The van der Waals surface area contributed by atoms with Gasteiger partial charge in [0.1, 0.15) is 0 Å². The van der Waals surface area contributed by atoms with E-state index in [4.69, 9.17) is 5.11 Å². The first-order chi connectivity index (χ1) is 4.63. The minimum atomic E-state index is -2.27. The molecule has 0 aliphatic rings. The molecule has 0 saturated heterocycles. The van der Waals surface area contributed by atoms with Gasteiger partial charge in [-0.25, -0.2) is 4.72 Å². The number of hydrogen-bond donors (Lipinski definition) is 2. The van der Waals surface area contributed by atoms with Crippen LogP contribution in [0.25, 0.3) is 0 Å². The molecule has 0 aromatic carbocycles. The number of nitrogens with one attached hydrogen (secondary N) is 1. The van der Waals surface area contributed by atoms with Gasteiger partial charge in [0, 0.05) is 24.2 Å². The van der Waals surface area contributed by atoms with Crippen molar-refractivity contribution in [3.05, 3.63) is 0 Å². The number of carbonyl (C=O) groups is 1. The molecule has 0 fully saturated rings. The third-order valence-electron chi connectivity index (χ3n) is 0.787. The first kappa shape index (κ1) is 9.54. The Kier molecular flexibility index (Phi) is 5.09. The van der Waals surface area contributed by atoms with Crippen molar-refractivity contribution in [2.24, 2.45) is 0 Å². The Hall–Kier alpha value is -0.460. The fourth-order valence-electron chi connectivity index (χ4n) is 0.395. The van der Waals surface area contributed by atoms with E-state index < -0.39 is 17.2 Å². The lowest BCUT2D eigenvalue weighted by Crippen LogP contribution is -2.18. The highest BCUT2D eigenvalue weighted by Crippen LogP contribution is 1.85. The largest absolute Gasteiger partial charge is 0.760 e. The lowest BCUT2D eigenvalue weighted by molar-refractivity contribution is -0.137. The molecule has 0 spiro atoms. The molecule has 0 aliphatic carbocycles. The predicted molar refractivity (Wildman–Crippen MR) is 33.8 cm³/mol. The second kappa shape index (κ2) is 5.33. The summed E-state index contributed by atoms with van der Waals surface area (Å²) in [5.41, 5.74) is 0. The Morgan fingerprint density at radius 1 is 1.70 bits per heavy atom. The molecular formula is C4H8NO4S-. The Balaban J connectivity index is 3.06. The van der Waals surface area contributed by atoms with Crippen molar-refractivity contribution < 1.29 is 18.7 Å². The highest BCUT2D eigenvalue weighted by Gasteiger charge is 1.94. The maximum Gasteiger partial charge on any atom is 0.303 e. The Bertz CT molecular complexity index is 121. The van der Waals surface area contributed by atoms with Gasteiger partial charge in [0.15, 0.2) is 0 Å². The molecule has 1 atom stereocenters. The molecule has 0 aromatic heterocycles. The van der Waals surface area contributed by atoms with Crippen LogP contribution >= 0.6 is 0 Å². The van der Waals surface area contributed by atoms with E-state index in [1.807, 2.05) is 0 Å². The zero-order valence-electron chi connectivity index (χ0n) is 5.20. The van der Waals surface area contributed by atoms with Crippen LogP contribution < -0.4 is 4.72 Å². The molecule has 60 valence electrons. The third-order valence-corrected chi connectivity index (χ3v) is 1.23. The summed E-state index contributed by atoms with van der Waals surface area (Å²) < 4.78 is 21.6. The van der Waals surface area contributed by atoms with Gasteiger partial charge >= 0.3 is 5.97 Å². The normalized spacial score (nSPS) is 12.9. The van der Waals surface area contributed by atoms with Crippen LogP contribution in [0.4, 0.5) is 0 Å². The molecule has 6 heteroatoms. The minimum absolute atomic E-state index is 0.00972. The first-order valence-corrected chi connectivity index (χ1v) is 3.75. The van der Waals surface area contributed by atoms with E-state index in [-0.39, 0.29) is 13.0 Å². The molecule has 0 aromatic rings. The van der Waals surface area contributed by atoms with Crippen LogP contribution in [0.3, 0.4) is 0 Å². The predicted octanol–water partition coefficient (Wildman–Crippen LogP) is -0.765. The van der Waals surface area contributed by atoms with Crippen molar-refractivity contribution in [3.8, 4) is 0 Å². The molecule has 10 heavy (non-hydrogen) atoms. The summed E-state index contributed by atoms with van der Waals surface area (Å²) in [5, 5.41) is 8.10. The second-order valence-corrected chi connectivity index (χ2v) is 2.38. The van der Waals surface area contributed by atoms with Gasteiger partial charge in [-0.3, -0.25) is 9.00 Å². The van der Waals surface area contributed by atoms with Crippen LogP contribution in [0.2, 0.25) is 0 Å². The van der Waals surface area contributed by atoms with Crippen molar-refractivity contribution in [1.29, 1.82) is 0 Å². The molecule has 0 heterocycles. The van der Waals surface area contributed by atoms with Crippen molar-refractivity contribution >= 4 is 17.2 Å². The standard InChI is InChI=1S/C4H9NO4S/c6-4(7)2-1-3-5-10(8)9/h5H,1-3H2,(H,6,7)(H,8,9)/p-1. The van der Waals surface area contributed by atoms with E-state index in [2.05, 4.69) is 4.72 Å². The number of carboxylic acid groups (broad SMARTS) is 1. The average molecular weight is 166 g/mol. The number of aliphatic carboxylic acids is 1. The van der Waals surface area contributed by atoms with Gasteiger partial charge < -0.3 is 9.66 Å². The van der Waals surface area contributed by atoms with Gasteiger partial charge in [-0.1, -0.05) is 0 Å². The van der Waals surface area contributed by atoms with E-state index in [9.17, 15) is 13.6 Å². The highest BCUT2D eigenvalue weighted by molar-refractivity contribution is 7.77. The minimum Gasteiger partial charge on any atom is -0.760 e. The maximum atomic E-state index is 9.86. The molecule has 5 nitrogen and oxygen atoms in total. The van der Waals surface area contributed by atoms with Crippen LogP contribution in [-0.2, 0) is 16.1 Å². The SMILES string of the molecule is O=C(O)CCCNS(=O)[O-]. The summed E-state index contributed by atoms with van der Waals surface area (Å²) in [7, 11) is 0. The Labute approximate surface area is 60.9 Å². The van der Waals surface area contributed by atoms with Gasteiger partial charge in [0.2, 0.25) is 0 Å². The average Bonchev–Trinajstić information content (AvgIpc) is 1.79. The fraction of sp³-hybridized carbons (Fsp3) is 0.750. The number of rotatable bonds is 5. The topological polar surface area (TPSA) is 89.5 Å². The van der Waals surface area contributed by atoms with Crippen molar-refractivity contribution in [2.75, 3.05) is 6.54 Å². The lowest BCUT2D eigenvalue weighted by Gasteiger charge is -2.04. The lowest BCUT2D eigenvalue weighted by atomic mass is 10.3. The van der Waals surface area contributed by atoms with Crippen LogP contribution in [0.1, 0.15) is 12.8 Å². The van der Waals surface area contributed by atoms with Crippen molar-refractivity contribution in [1.82, 2.24) is 4.72 Å². The van der Waals surface area contributed by atoms with Gasteiger partial charge in [-0.05, 0) is 6.42 Å². The smallest absolute Gasteiger partial charge is 0.303 e. The number of carboxylic acids is 1. The molecule has 2 N–H and O–H groups in total. The molecule has 0 bridgehead atoms. The van der Waals surface area contributed by atoms with Crippen LogP contribution in [-0.4, -0.2) is 26.4 Å². The second-order valence-electron chi connectivity index (χ2n) is 1.63. The van der Waals surface area contributed by atoms with Gasteiger partial charge in [0.05, 0.1) is 0 Å². The van der Waals surface area contributed by atoms with E-state index in [0.29, 0.717) is 6.42 Å². The van der Waals surface area contributed by atoms with Crippen LogP contribution in [0, 0.1) is 0 Å². The van der Waals surface area contributed by atoms with Crippen molar-refractivity contribution in [3.63, 3.8) is 0 Å². The van der Waals surface area contributed by atoms with E-state index in [1.165, 1.54) is 0 Å². The van der Waals surface area contributed by atoms with E-state index >= 15 is 0 Å². The highest BCUT2D eigenvalue weighted by atomic mass is 32.2. The zero-order chi connectivity index (χ0) is 7.98. The third kappa shape index (κ3) is 7.54. The summed E-state index contributed by atoms with van der Waals surface area (Å²) in [5.74, 6) is -0.918. The summed E-state index contributed by atoms with van der Waals surface area (Å²) in [6, 6.07) is 0. The number of hydrogen-bond acceptors (Lipinski definition) is 3. The quantitative estimate of drug-likeness (QED) is 0.414. The van der Waals surface area contributed by atoms with Crippen molar-refractivity contribution in [2.45, 2.75) is 12.8 Å². The maximum absolute atomic E-state index is 9.86. The Morgan fingerprint density at radius 2 is 2.30 bits per heavy atom. The van der Waals surface area contributed by atoms with Gasteiger partial charge in [-0.15, -0.1) is 0 Å². The molecule has 0 amide bonds. The molecule has 0 radical (unpaired) electrons. The van der Waals surface area contributed by atoms with Gasteiger partial charge in [-0.2, -0.15) is 0 Å². The van der Waals surface area contributed by atoms with Crippen LogP contribution in [0.5, 0.6) is 0 Å². The summed E-state index contributed by atoms with van der Waals surface area (Å²) in [6.45, 7) is 0.183. The first-order valence-electron chi connectivity index (χ1n) is 2.67. The summed E-state index contributed by atoms with van der Waals surface area (Å²) >= 11 is -2.27. The molecule has 1 unspecified atom stereocenters. The molecule has 0 rings (SSSR count). The Morgan fingerprint density at radius 3 is 2.70 bits per heavy atom. The molecule has 0 aliphatic heterocycles. The monoisotopic (exact) mass is 166 g/mol. The van der Waals surface area contributed by atoms with Gasteiger partial charge in [0.25, 0.3) is 0 Å². The van der Waals surface area contributed by atoms with E-state index in [1.54, 1.807) is 0 Å². The van der Waals surface area contributed by atoms with Crippen LogP contribution in [0.15, 0.2) is 0 Å². The summed E-state index contributed by atoms with van der Waals surface area (Å²) in [4.78, 5) is 9.86. The molecular weight excluding hydrogens is 158 g/mol. The molecule has 0 saturated carbocycles. The zero-order valence-corrected chi connectivity index (χ0v) is 6.02.